The smallest absolute Gasteiger partial charge is 0.316 e. The Labute approximate surface area is 162 Å². The van der Waals surface area contributed by atoms with Gasteiger partial charge >= 0.3 is 5.17 Å². The van der Waals surface area contributed by atoms with Gasteiger partial charge in [-0.15, -0.1) is 0 Å². The number of hydrogen-bond donors (Lipinski definition) is 1. The first-order valence-corrected chi connectivity index (χ1v) is 9.98. The summed E-state index contributed by atoms with van der Waals surface area (Å²) in [5.74, 6) is 1.02. The molecule has 0 unspecified atom stereocenters. The monoisotopic (exact) mass is 384 g/mol. The Morgan fingerprint density at radius 1 is 1.22 bits per heavy atom. The minimum Gasteiger partial charge on any atom is -0.346 e. The highest BCUT2D eigenvalue weighted by molar-refractivity contribution is 8.13. The van der Waals surface area contributed by atoms with Crippen molar-refractivity contribution in [2.75, 3.05) is 23.7 Å². The summed E-state index contributed by atoms with van der Waals surface area (Å²) in [6.45, 7) is 5.31. The molecule has 0 fully saturated rings. The van der Waals surface area contributed by atoms with Crippen molar-refractivity contribution in [3.8, 4) is 0 Å². The summed E-state index contributed by atoms with van der Waals surface area (Å²) in [5.41, 5.74) is 2.95. The molecule has 0 aromatic heterocycles. The maximum atomic E-state index is 11.7. The number of hydrogen-bond acceptors (Lipinski definition) is 5. The van der Waals surface area contributed by atoms with E-state index in [4.69, 9.17) is 0 Å². The van der Waals surface area contributed by atoms with Gasteiger partial charge in [-0.05, 0) is 61.4 Å². The zero-order chi connectivity index (χ0) is 19.2. The quantitative estimate of drug-likeness (QED) is 0.499. The lowest BCUT2D eigenvalue weighted by atomic mass is 10.0. The van der Waals surface area contributed by atoms with Crippen LogP contribution >= 0.6 is 11.8 Å². The molecule has 0 aliphatic carbocycles. The molecule has 0 saturated heterocycles. The number of amidine groups is 1. The molecule has 27 heavy (non-hydrogen) atoms. The van der Waals surface area contributed by atoms with Crippen LogP contribution in [0.2, 0.25) is 0 Å². The fraction of sp³-hybridized carbons (Fsp3) is 0.350. The van der Waals surface area contributed by atoms with Gasteiger partial charge in [-0.25, -0.2) is 9.48 Å². The van der Waals surface area contributed by atoms with E-state index in [2.05, 4.69) is 36.9 Å². The van der Waals surface area contributed by atoms with E-state index in [1.807, 2.05) is 4.58 Å². The highest BCUT2D eigenvalue weighted by Crippen LogP contribution is 2.39. The normalized spacial score (nSPS) is 22.1. The average Bonchev–Trinajstić information content (AvgIpc) is 2.98. The molecule has 2 heterocycles. The second-order valence-electron chi connectivity index (χ2n) is 7.13. The molecule has 2 aromatic carbocycles. The molecular weight excluding hydrogens is 362 g/mol. The van der Waals surface area contributed by atoms with Gasteiger partial charge in [0.15, 0.2) is 6.54 Å². The van der Waals surface area contributed by atoms with Gasteiger partial charge in [-0.3, -0.25) is 10.1 Å². The summed E-state index contributed by atoms with van der Waals surface area (Å²) in [4.78, 5) is 12.7. The van der Waals surface area contributed by atoms with Gasteiger partial charge < -0.3 is 5.11 Å². The van der Waals surface area contributed by atoms with Gasteiger partial charge in [-0.1, -0.05) is 12.1 Å². The van der Waals surface area contributed by atoms with E-state index in [1.54, 1.807) is 23.9 Å². The van der Waals surface area contributed by atoms with Crippen molar-refractivity contribution in [1.29, 1.82) is 0 Å². The molecule has 4 rings (SSSR count). The van der Waals surface area contributed by atoms with Crippen LogP contribution in [0, 0.1) is 24.0 Å². The number of nitro groups is 1. The topological polar surface area (TPSA) is 69.6 Å². The molecule has 0 radical (unpaired) electrons. The molecule has 140 valence electrons. The van der Waals surface area contributed by atoms with Gasteiger partial charge in [0.05, 0.1) is 11.5 Å². The maximum absolute atomic E-state index is 11.7. The molecule has 6 nitrogen and oxygen atoms in total. The Morgan fingerprint density at radius 2 is 1.96 bits per heavy atom. The van der Waals surface area contributed by atoms with Gasteiger partial charge in [0.1, 0.15) is 5.69 Å². The fourth-order valence-corrected chi connectivity index (χ4v) is 4.97. The summed E-state index contributed by atoms with van der Waals surface area (Å²) in [7, 11) is 0. The number of non-ortho nitro benzene ring substituents is 1. The standard InChI is InChI=1S/C20H22N3O3S/c1-14-4-5-15(2)18(12-14)21-13-20(24,22-10-3-11-27-19(21)22)16-6-8-17(9-7-16)23(25)26/h4-9,12,24H,3,10-11,13H2,1-2H3/q+1/t20-/m1/s1. The van der Waals surface area contributed by atoms with Crippen LogP contribution in [0.25, 0.3) is 0 Å². The van der Waals surface area contributed by atoms with Crippen LogP contribution in [0.1, 0.15) is 23.1 Å². The first-order chi connectivity index (χ1) is 12.9. The number of rotatable bonds is 3. The predicted molar refractivity (Wildman–Crippen MR) is 107 cm³/mol. The Bertz CT molecular complexity index is 942. The van der Waals surface area contributed by atoms with Crippen molar-refractivity contribution in [3.63, 3.8) is 0 Å². The van der Waals surface area contributed by atoms with E-state index >= 15 is 0 Å². The largest absolute Gasteiger partial charge is 0.346 e. The summed E-state index contributed by atoms with van der Waals surface area (Å²) >= 11 is 1.76. The third-order valence-electron chi connectivity index (χ3n) is 5.24. The van der Waals surface area contributed by atoms with Crippen molar-refractivity contribution in [1.82, 2.24) is 0 Å². The number of anilines is 1. The van der Waals surface area contributed by atoms with E-state index in [0.717, 1.165) is 35.1 Å². The van der Waals surface area contributed by atoms with E-state index in [9.17, 15) is 15.2 Å². The number of benzene rings is 2. The van der Waals surface area contributed by atoms with Gasteiger partial charge in [0.25, 0.3) is 11.4 Å². The van der Waals surface area contributed by atoms with Crippen LogP contribution in [0.5, 0.6) is 0 Å². The van der Waals surface area contributed by atoms with E-state index in [0.29, 0.717) is 12.1 Å². The van der Waals surface area contributed by atoms with Crippen LogP contribution in [0.15, 0.2) is 42.5 Å². The number of aliphatic hydroxyl groups is 1. The van der Waals surface area contributed by atoms with Gasteiger partial charge in [0, 0.05) is 23.4 Å². The molecule has 1 atom stereocenters. The third kappa shape index (κ3) is 3.00. The first-order valence-electron chi connectivity index (χ1n) is 8.99. The molecule has 0 saturated carbocycles. The number of β-amino-alcohol motifs (C(OH)–C–C–N with tert-alkyl or cyclic N) is 1. The van der Waals surface area contributed by atoms with E-state index in [1.165, 1.54) is 17.7 Å². The van der Waals surface area contributed by atoms with Crippen LogP contribution in [0.4, 0.5) is 11.4 Å². The second-order valence-corrected chi connectivity index (χ2v) is 8.19. The highest BCUT2D eigenvalue weighted by atomic mass is 32.2. The SMILES string of the molecule is Cc1ccc(C)c(N2C[C@@](O)(c3ccc([N+](=O)[O-])cc3)[N+]3=C2SCCC3)c1. The predicted octanol–water partition coefficient (Wildman–Crippen LogP) is 3.38. The average molecular weight is 384 g/mol. The van der Waals surface area contributed by atoms with E-state index < -0.39 is 10.6 Å². The van der Waals surface area contributed by atoms with Crippen molar-refractivity contribution in [3.05, 3.63) is 69.3 Å². The summed E-state index contributed by atoms with van der Waals surface area (Å²) in [5, 5.41) is 23.7. The fourth-order valence-electron chi connectivity index (χ4n) is 3.80. The van der Waals surface area contributed by atoms with Gasteiger partial charge in [0.2, 0.25) is 0 Å². The van der Waals surface area contributed by atoms with Crippen molar-refractivity contribution < 1.29 is 14.6 Å². The summed E-state index contributed by atoms with van der Waals surface area (Å²) in [6, 6.07) is 12.6. The van der Waals surface area contributed by atoms with E-state index in [-0.39, 0.29) is 5.69 Å². The van der Waals surface area contributed by atoms with Gasteiger partial charge in [-0.2, -0.15) is 0 Å². The minimum absolute atomic E-state index is 0.0314. The molecular formula is C20H22N3O3S+. The third-order valence-corrected chi connectivity index (χ3v) is 6.43. The van der Waals surface area contributed by atoms with Crippen LogP contribution in [-0.4, -0.2) is 38.6 Å². The number of aryl methyl sites for hydroxylation is 2. The van der Waals surface area contributed by atoms with Crippen molar-refractivity contribution in [2.45, 2.75) is 26.0 Å². The lowest BCUT2D eigenvalue weighted by Gasteiger charge is -2.24. The molecule has 2 aromatic rings. The second kappa shape index (κ2) is 6.65. The van der Waals surface area contributed by atoms with Crippen molar-refractivity contribution in [2.24, 2.45) is 0 Å². The number of nitrogens with zero attached hydrogens (tertiary/aromatic N) is 3. The Hall–Kier alpha value is -2.38. The van der Waals surface area contributed by atoms with Crippen LogP contribution < -0.4 is 4.90 Å². The Balaban J connectivity index is 1.79. The lowest BCUT2D eigenvalue weighted by Crippen LogP contribution is -2.41. The first kappa shape index (κ1) is 18.0. The number of nitro benzene ring substituents is 1. The van der Waals surface area contributed by atoms with Crippen LogP contribution in [0.3, 0.4) is 0 Å². The summed E-state index contributed by atoms with van der Waals surface area (Å²) < 4.78 is 2.05. The van der Waals surface area contributed by atoms with Crippen LogP contribution in [-0.2, 0) is 5.72 Å². The molecule has 0 amide bonds. The molecule has 0 spiro atoms. The molecule has 2 aliphatic rings. The minimum atomic E-state index is -1.20. The number of thioether (sulfide) groups is 1. The Kier molecular flexibility index (Phi) is 4.44. The lowest BCUT2D eigenvalue weighted by molar-refractivity contribution is -0.656. The maximum Gasteiger partial charge on any atom is 0.316 e. The Morgan fingerprint density at radius 3 is 2.67 bits per heavy atom. The zero-order valence-corrected chi connectivity index (χ0v) is 16.2. The molecule has 1 N–H and O–H groups in total. The zero-order valence-electron chi connectivity index (χ0n) is 15.4. The summed E-state index contributed by atoms with van der Waals surface area (Å²) in [6.07, 6.45) is 0.990. The highest BCUT2D eigenvalue weighted by Gasteiger charge is 2.53. The van der Waals surface area contributed by atoms with Crippen molar-refractivity contribution >= 4 is 28.3 Å². The molecule has 7 heteroatoms. The molecule has 2 aliphatic heterocycles. The molecule has 0 bridgehead atoms.